The van der Waals surface area contributed by atoms with Gasteiger partial charge in [0.2, 0.25) is 0 Å². The molecule has 29 heavy (non-hydrogen) atoms. The second-order valence-electron chi connectivity index (χ2n) is 7.42. The molecular formula is C22H32ClIN4O. The lowest BCUT2D eigenvalue weighted by atomic mass is 9.89. The Morgan fingerprint density at radius 2 is 2.10 bits per heavy atom. The quantitative estimate of drug-likeness (QED) is 0.329. The van der Waals surface area contributed by atoms with Gasteiger partial charge in [0.15, 0.2) is 5.96 Å². The van der Waals surface area contributed by atoms with Crippen LogP contribution in [0.5, 0.6) is 0 Å². The Morgan fingerprint density at radius 1 is 1.34 bits per heavy atom. The topological polar surface area (TPSA) is 41.8 Å². The van der Waals surface area contributed by atoms with Crippen LogP contribution in [0.2, 0.25) is 5.02 Å². The fraction of sp³-hybridized carbons (Fsp3) is 0.500. The molecule has 3 rings (SSSR count). The number of ether oxygens (including phenoxy) is 1. The molecule has 2 heterocycles. The minimum Gasteiger partial charge on any atom is -0.373 e. The number of hydrogen-bond donors (Lipinski definition) is 1. The first-order valence-corrected chi connectivity index (χ1v) is 10.4. The molecule has 2 aromatic rings. The van der Waals surface area contributed by atoms with Crippen LogP contribution in [0.3, 0.4) is 0 Å². The molecule has 0 radical (unpaired) electrons. The summed E-state index contributed by atoms with van der Waals surface area (Å²) in [6.45, 7) is 5.26. The molecule has 2 unspecified atom stereocenters. The van der Waals surface area contributed by atoms with Crippen molar-refractivity contribution in [1.82, 2.24) is 14.8 Å². The number of aryl methyl sites for hydroxylation is 1. The van der Waals surface area contributed by atoms with Gasteiger partial charge >= 0.3 is 0 Å². The van der Waals surface area contributed by atoms with Gasteiger partial charge in [-0.05, 0) is 31.4 Å². The lowest BCUT2D eigenvalue weighted by Crippen LogP contribution is -2.39. The van der Waals surface area contributed by atoms with E-state index in [4.69, 9.17) is 21.3 Å². The second-order valence-corrected chi connectivity index (χ2v) is 7.85. The fourth-order valence-electron chi connectivity index (χ4n) is 3.76. The van der Waals surface area contributed by atoms with Crippen LogP contribution in [-0.2, 0) is 18.3 Å². The van der Waals surface area contributed by atoms with E-state index in [0.29, 0.717) is 5.92 Å². The first-order valence-electron chi connectivity index (χ1n) is 10.0. The molecule has 5 nitrogen and oxygen atoms in total. The monoisotopic (exact) mass is 530 g/mol. The number of rotatable bonds is 6. The maximum atomic E-state index is 6.13. The Kier molecular flexibility index (Phi) is 9.79. The van der Waals surface area contributed by atoms with E-state index in [1.54, 1.807) is 0 Å². The summed E-state index contributed by atoms with van der Waals surface area (Å²) < 4.78 is 8.18. The van der Waals surface area contributed by atoms with Gasteiger partial charge in [0.25, 0.3) is 0 Å². The zero-order valence-electron chi connectivity index (χ0n) is 17.5. The average molecular weight is 531 g/mol. The highest BCUT2D eigenvalue weighted by atomic mass is 127. The number of aliphatic imine (C=N–C) groups is 1. The molecule has 2 atom stereocenters. The number of hydrogen-bond acceptors (Lipinski definition) is 2. The van der Waals surface area contributed by atoms with Gasteiger partial charge in [0.1, 0.15) is 0 Å². The number of guanidine groups is 1. The molecule has 1 saturated heterocycles. The average Bonchev–Trinajstić information content (AvgIpc) is 3.02. The summed E-state index contributed by atoms with van der Waals surface area (Å²) in [6.07, 6.45) is 4.29. The Hall–Kier alpha value is -1.25. The van der Waals surface area contributed by atoms with Crippen molar-refractivity contribution >= 4 is 41.5 Å². The normalized spacial score (nSPS) is 19.5. The van der Waals surface area contributed by atoms with Crippen molar-refractivity contribution in [2.75, 3.05) is 26.7 Å². The molecule has 0 amide bonds. The zero-order chi connectivity index (χ0) is 19.9. The van der Waals surface area contributed by atoms with E-state index >= 15 is 0 Å². The van der Waals surface area contributed by atoms with E-state index in [0.717, 1.165) is 55.8 Å². The van der Waals surface area contributed by atoms with Crippen molar-refractivity contribution in [3.8, 4) is 0 Å². The van der Waals surface area contributed by atoms with Crippen molar-refractivity contribution in [2.24, 2.45) is 18.0 Å². The number of nitrogens with one attached hydrogen (secondary N) is 1. The van der Waals surface area contributed by atoms with Gasteiger partial charge in [-0.15, -0.1) is 24.0 Å². The summed E-state index contributed by atoms with van der Waals surface area (Å²) in [5.74, 6) is 1.31. The molecule has 0 spiro atoms. The van der Waals surface area contributed by atoms with Crippen molar-refractivity contribution in [3.05, 3.63) is 58.9 Å². The highest BCUT2D eigenvalue weighted by molar-refractivity contribution is 14.0. The third-order valence-corrected chi connectivity index (χ3v) is 5.43. The molecule has 1 aliphatic heterocycles. The first-order chi connectivity index (χ1) is 13.6. The Morgan fingerprint density at radius 3 is 2.76 bits per heavy atom. The molecule has 0 saturated carbocycles. The summed E-state index contributed by atoms with van der Waals surface area (Å²) in [4.78, 5) is 7.10. The third-order valence-electron chi connectivity index (χ3n) is 5.22. The van der Waals surface area contributed by atoms with E-state index in [2.05, 4.69) is 53.0 Å². The van der Waals surface area contributed by atoms with E-state index < -0.39 is 0 Å². The molecule has 1 aliphatic rings. The molecular weight excluding hydrogens is 499 g/mol. The summed E-state index contributed by atoms with van der Waals surface area (Å²) in [5.41, 5.74) is 2.40. The maximum Gasteiger partial charge on any atom is 0.194 e. The summed E-state index contributed by atoms with van der Waals surface area (Å²) in [5, 5.41) is 4.18. The van der Waals surface area contributed by atoms with E-state index in [1.807, 2.05) is 25.4 Å². The fourth-order valence-corrected chi connectivity index (χ4v) is 4.03. The van der Waals surface area contributed by atoms with Crippen molar-refractivity contribution in [2.45, 2.75) is 32.4 Å². The minimum atomic E-state index is 0. The molecule has 1 aromatic carbocycles. The zero-order valence-corrected chi connectivity index (χ0v) is 20.6. The van der Waals surface area contributed by atoms with Crippen LogP contribution < -0.4 is 5.32 Å². The van der Waals surface area contributed by atoms with Crippen LogP contribution in [0.1, 0.15) is 37.1 Å². The standard InChI is InChI=1S/C22H31ClN4O.HI/c1-4-24-22(27(3)16-20-13-19(23)15-26(20)2)25-14-18-11-8-12-28-21(18)17-9-6-5-7-10-17;/h5-7,9-10,13,15,18,21H,4,8,11-12,14,16H2,1-3H3,(H,24,25);1H. The van der Waals surface area contributed by atoms with Gasteiger partial charge in [0.05, 0.1) is 17.7 Å². The number of halogens is 2. The Bertz CT molecular complexity index is 780. The molecule has 1 aromatic heterocycles. The van der Waals surface area contributed by atoms with Gasteiger partial charge in [-0.3, -0.25) is 4.99 Å². The van der Waals surface area contributed by atoms with Crippen molar-refractivity contribution < 1.29 is 4.74 Å². The summed E-state index contributed by atoms with van der Waals surface area (Å²) in [7, 11) is 4.08. The van der Waals surface area contributed by atoms with E-state index in [9.17, 15) is 0 Å². The van der Waals surface area contributed by atoms with E-state index in [1.165, 1.54) is 5.56 Å². The first kappa shape index (κ1) is 24.0. The third kappa shape index (κ3) is 6.62. The maximum absolute atomic E-state index is 6.13. The SMILES string of the molecule is CCNC(=NCC1CCCOC1c1ccccc1)N(C)Cc1cc(Cl)cn1C.I. The van der Waals surface area contributed by atoms with Crippen molar-refractivity contribution in [3.63, 3.8) is 0 Å². The number of aromatic nitrogens is 1. The smallest absolute Gasteiger partial charge is 0.194 e. The van der Waals surface area contributed by atoms with E-state index in [-0.39, 0.29) is 30.1 Å². The van der Waals surface area contributed by atoms with Gasteiger partial charge < -0.3 is 19.5 Å². The van der Waals surface area contributed by atoms with Gasteiger partial charge in [0, 0.05) is 51.6 Å². The predicted octanol–water partition coefficient (Wildman–Crippen LogP) is 4.86. The number of benzene rings is 1. The van der Waals surface area contributed by atoms with Gasteiger partial charge in [-0.1, -0.05) is 41.9 Å². The van der Waals surface area contributed by atoms with Crippen LogP contribution >= 0.6 is 35.6 Å². The minimum absolute atomic E-state index is 0. The predicted molar refractivity (Wildman–Crippen MR) is 131 cm³/mol. The summed E-state index contributed by atoms with van der Waals surface area (Å²) >= 11 is 6.13. The molecule has 1 fully saturated rings. The van der Waals surface area contributed by atoms with Gasteiger partial charge in [-0.25, -0.2) is 0 Å². The highest BCUT2D eigenvalue weighted by Gasteiger charge is 2.27. The van der Waals surface area contributed by atoms with Crippen LogP contribution in [-0.4, -0.2) is 42.2 Å². The molecule has 0 aliphatic carbocycles. The molecule has 1 N–H and O–H groups in total. The Balaban J connectivity index is 0.00000300. The van der Waals surface area contributed by atoms with Crippen LogP contribution in [0.4, 0.5) is 0 Å². The Labute approximate surface area is 196 Å². The molecule has 160 valence electrons. The van der Waals surface area contributed by atoms with Crippen molar-refractivity contribution in [1.29, 1.82) is 0 Å². The number of nitrogens with zero attached hydrogens (tertiary/aromatic N) is 3. The summed E-state index contributed by atoms with van der Waals surface area (Å²) in [6, 6.07) is 12.5. The molecule has 0 bridgehead atoms. The largest absolute Gasteiger partial charge is 0.373 e. The lowest BCUT2D eigenvalue weighted by molar-refractivity contribution is -0.0250. The highest BCUT2D eigenvalue weighted by Crippen LogP contribution is 2.33. The van der Waals surface area contributed by atoms with Crippen LogP contribution in [0.15, 0.2) is 47.6 Å². The molecule has 7 heteroatoms. The van der Waals surface area contributed by atoms with Crippen LogP contribution in [0, 0.1) is 5.92 Å². The lowest BCUT2D eigenvalue weighted by Gasteiger charge is -2.32. The van der Waals surface area contributed by atoms with Crippen LogP contribution in [0.25, 0.3) is 0 Å². The van der Waals surface area contributed by atoms with Gasteiger partial charge in [-0.2, -0.15) is 0 Å². The second kappa shape index (κ2) is 11.8.